The molecule has 2 heteroatoms. The van der Waals surface area contributed by atoms with Crippen LogP contribution < -0.4 is 0 Å². The predicted molar refractivity (Wildman–Crippen MR) is 40.1 cm³/mol. The number of likely N-dealkylation sites (N-methyl/N-ethyl adjacent to an activating group) is 2. The van der Waals surface area contributed by atoms with Gasteiger partial charge < -0.3 is 4.90 Å². The van der Waals surface area contributed by atoms with Crippen LogP contribution in [0.25, 0.3) is 0 Å². The molecule has 0 saturated carbocycles. The van der Waals surface area contributed by atoms with Crippen molar-refractivity contribution in [3.05, 3.63) is 7.05 Å². The Kier molecular flexibility index (Phi) is 4.72. The van der Waals surface area contributed by atoms with E-state index in [1.807, 2.05) is 14.1 Å². The fourth-order valence-electron chi connectivity index (χ4n) is 0.487. The zero-order valence-corrected chi connectivity index (χ0v) is 6.59. The average Bonchev–Trinajstić information content (AvgIpc) is 1.83. The van der Waals surface area contributed by atoms with Gasteiger partial charge in [-0.15, -0.1) is 0 Å². The van der Waals surface area contributed by atoms with E-state index < -0.39 is 0 Å². The minimum atomic E-state index is 0.924. The summed E-state index contributed by atoms with van der Waals surface area (Å²) in [7, 11) is 9.62. The quantitative estimate of drug-likeness (QED) is 0.510. The lowest BCUT2D eigenvalue weighted by Gasteiger charge is -2.16. The molecule has 0 aliphatic carbocycles. The highest BCUT2D eigenvalue weighted by atomic mass is 15.1. The molecule has 0 N–H and O–H groups in total. The van der Waals surface area contributed by atoms with Crippen molar-refractivity contribution >= 4 is 0 Å². The minimum Gasteiger partial charge on any atom is -0.308 e. The van der Waals surface area contributed by atoms with Gasteiger partial charge in [0.05, 0.1) is 0 Å². The van der Waals surface area contributed by atoms with Crippen molar-refractivity contribution in [2.45, 2.75) is 6.92 Å². The lowest BCUT2D eigenvalue weighted by molar-refractivity contribution is 0.313. The molecule has 0 aromatic rings. The van der Waals surface area contributed by atoms with Crippen molar-refractivity contribution in [2.75, 3.05) is 33.7 Å². The van der Waals surface area contributed by atoms with E-state index in [-0.39, 0.29) is 0 Å². The molecule has 0 atom stereocenters. The number of hydrogen-bond acceptors (Lipinski definition) is 2. The van der Waals surface area contributed by atoms with Gasteiger partial charge in [0.15, 0.2) is 0 Å². The molecule has 2 nitrogen and oxygen atoms in total. The molecule has 0 aromatic heterocycles. The SMILES string of the molecule is [CH]N(CC)CCN(C)C. The average molecular weight is 128 g/mol. The highest BCUT2D eigenvalue weighted by Crippen LogP contribution is 1.83. The van der Waals surface area contributed by atoms with Gasteiger partial charge in [0, 0.05) is 20.1 Å². The van der Waals surface area contributed by atoms with Crippen LogP contribution in [0.5, 0.6) is 0 Å². The zero-order chi connectivity index (χ0) is 7.28. The van der Waals surface area contributed by atoms with Crippen molar-refractivity contribution < 1.29 is 0 Å². The molecule has 0 rings (SSSR count). The molecule has 0 aromatic carbocycles. The van der Waals surface area contributed by atoms with Gasteiger partial charge in [-0.1, -0.05) is 6.92 Å². The van der Waals surface area contributed by atoms with E-state index in [1.165, 1.54) is 0 Å². The van der Waals surface area contributed by atoms with Gasteiger partial charge >= 0.3 is 0 Å². The summed E-state index contributed by atoms with van der Waals surface area (Å²) in [6, 6.07) is 0. The van der Waals surface area contributed by atoms with Crippen molar-refractivity contribution in [1.29, 1.82) is 0 Å². The Bertz CT molecular complexity index is 61.9. The Labute approximate surface area is 58.4 Å². The van der Waals surface area contributed by atoms with E-state index in [9.17, 15) is 0 Å². The predicted octanol–water partition coefficient (Wildman–Crippen LogP) is 0.538. The van der Waals surface area contributed by atoms with Gasteiger partial charge in [0.1, 0.15) is 0 Å². The first kappa shape index (κ1) is 8.92. The van der Waals surface area contributed by atoms with Gasteiger partial charge in [0.2, 0.25) is 0 Å². The minimum absolute atomic E-state index is 0.924. The zero-order valence-electron chi connectivity index (χ0n) is 6.59. The van der Waals surface area contributed by atoms with Gasteiger partial charge in [-0.2, -0.15) is 0 Å². The van der Waals surface area contributed by atoms with E-state index in [1.54, 1.807) is 4.90 Å². The lowest BCUT2D eigenvalue weighted by Crippen LogP contribution is -2.26. The monoisotopic (exact) mass is 128 g/mol. The lowest BCUT2D eigenvalue weighted by atomic mass is 10.5. The Balaban J connectivity index is 3.06. The topological polar surface area (TPSA) is 6.48 Å². The van der Waals surface area contributed by atoms with Gasteiger partial charge in [0.25, 0.3) is 0 Å². The van der Waals surface area contributed by atoms with Crippen LogP contribution >= 0.6 is 0 Å². The second kappa shape index (κ2) is 4.77. The molecule has 0 amide bonds. The van der Waals surface area contributed by atoms with Crippen molar-refractivity contribution in [1.82, 2.24) is 9.80 Å². The molecule has 0 heterocycles. The molecule has 9 heavy (non-hydrogen) atoms. The first-order chi connectivity index (χ1) is 4.16. The van der Waals surface area contributed by atoms with E-state index in [2.05, 4.69) is 11.8 Å². The van der Waals surface area contributed by atoms with Crippen LogP contribution in [0.3, 0.4) is 0 Å². The Morgan fingerprint density at radius 3 is 2.11 bits per heavy atom. The van der Waals surface area contributed by atoms with E-state index in [4.69, 9.17) is 7.05 Å². The second-order valence-electron chi connectivity index (χ2n) is 2.43. The van der Waals surface area contributed by atoms with E-state index in [0.29, 0.717) is 0 Å². The third-order valence-electron chi connectivity index (χ3n) is 1.24. The van der Waals surface area contributed by atoms with Gasteiger partial charge in [-0.3, -0.25) is 4.90 Å². The summed E-state index contributed by atoms with van der Waals surface area (Å²) < 4.78 is 0. The fourth-order valence-corrected chi connectivity index (χ4v) is 0.487. The Hall–Kier alpha value is -0.0800. The standard InChI is InChI=1S/C7H16N2/c1-5-9(4)7-6-8(2)3/h4H,5-7H2,1-3H3. The molecule has 54 valence electrons. The first-order valence-corrected chi connectivity index (χ1v) is 3.31. The number of nitrogens with zero attached hydrogens (tertiary/aromatic N) is 2. The van der Waals surface area contributed by atoms with Crippen LogP contribution in [0.1, 0.15) is 6.92 Å². The Morgan fingerprint density at radius 2 is 1.78 bits per heavy atom. The number of rotatable bonds is 4. The van der Waals surface area contributed by atoms with Crippen LogP contribution in [0.15, 0.2) is 0 Å². The summed E-state index contributed by atoms with van der Waals surface area (Å²) in [6.07, 6.45) is 0. The summed E-state index contributed by atoms with van der Waals surface area (Å²) in [5, 5.41) is 0. The molecule has 0 saturated heterocycles. The van der Waals surface area contributed by atoms with Crippen molar-refractivity contribution in [3.8, 4) is 0 Å². The molecule has 0 unspecified atom stereocenters. The third-order valence-corrected chi connectivity index (χ3v) is 1.24. The normalized spacial score (nSPS) is 11.3. The summed E-state index contributed by atoms with van der Waals surface area (Å²) >= 11 is 0. The largest absolute Gasteiger partial charge is 0.308 e. The van der Waals surface area contributed by atoms with Crippen LogP contribution in [0, 0.1) is 7.05 Å². The molecule has 0 fully saturated rings. The summed E-state index contributed by atoms with van der Waals surface area (Å²) in [6.45, 7) is 4.96. The highest BCUT2D eigenvalue weighted by Gasteiger charge is 1.93. The molecule has 0 bridgehead atoms. The van der Waals surface area contributed by atoms with Crippen LogP contribution in [-0.4, -0.2) is 43.5 Å². The third kappa shape index (κ3) is 5.80. The maximum atomic E-state index is 5.53. The van der Waals surface area contributed by atoms with Crippen LogP contribution in [0.4, 0.5) is 0 Å². The van der Waals surface area contributed by atoms with Crippen LogP contribution in [0.2, 0.25) is 0 Å². The summed E-state index contributed by atoms with van der Waals surface area (Å²) in [5.74, 6) is 0. The summed E-state index contributed by atoms with van der Waals surface area (Å²) in [4.78, 5) is 3.93. The molecular weight excluding hydrogens is 112 g/mol. The first-order valence-electron chi connectivity index (χ1n) is 3.31. The molecule has 0 spiro atoms. The smallest absolute Gasteiger partial charge is 0.0439 e. The van der Waals surface area contributed by atoms with Crippen molar-refractivity contribution in [2.24, 2.45) is 0 Å². The maximum absolute atomic E-state index is 5.53. The van der Waals surface area contributed by atoms with Gasteiger partial charge in [-0.25, -0.2) is 0 Å². The summed E-state index contributed by atoms with van der Waals surface area (Å²) in [5.41, 5.74) is 0. The second-order valence-corrected chi connectivity index (χ2v) is 2.43. The van der Waals surface area contributed by atoms with Crippen molar-refractivity contribution in [3.63, 3.8) is 0 Å². The maximum Gasteiger partial charge on any atom is 0.0439 e. The van der Waals surface area contributed by atoms with Crippen LogP contribution in [-0.2, 0) is 0 Å². The molecule has 0 aliphatic heterocycles. The Morgan fingerprint density at radius 1 is 1.22 bits per heavy atom. The van der Waals surface area contributed by atoms with E-state index in [0.717, 1.165) is 19.6 Å². The molecule has 0 aliphatic rings. The fraction of sp³-hybridized carbons (Fsp3) is 0.857. The number of hydrogen-bond donors (Lipinski definition) is 0. The highest BCUT2D eigenvalue weighted by molar-refractivity contribution is 4.53. The van der Waals surface area contributed by atoms with Gasteiger partial charge in [-0.05, 0) is 20.6 Å². The molecular formula is C7H16N2. The molecule has 2 radical (unpaired) electrons. The van der Waals surface area contributed by atoms with E-state index >= 15 is 0 Å².